The summed E-state index contributed by atoms with van der Waals surface area (Å²) in [4.78, 5) is 22.1. The van der Waals surface area contributed by atoms with Gasteiger partial charge in [0, 0.05) is 18.8 Å². The maximum absolute atomic E-state index is 11.3. The van der Waals surface area contributed by atoms with Crippen LogP contribution in [0.15, 0.2) is 29.5 Å². The van der Waals surface area contributed by atoms with E-state index < -0.39 is 17.1 Å². The fourth-order valence-electron chi connectivity index (χ4n) is 1.52. The third-order valence-corrected chi connectivity index (χ3v) is 2.35. The third-order valence-electron chi connectivity index (χ3n) is 2.35. The molecule has 0 radical (unpaired) electrons. The van der Waals surface area contributed by atoms with Crippen molar-refractivity contribution in [1.29, 1.82) is 0 Å². The molecule has 0 spiro atoms. The smallest absolute Gasteiger partial charge is 0.360 e. The molecule has 0 aliphatic heterocycles. The summed E-state index contributed by atoms with van der Waals surface area (Å²) in [6.07, 6.45) is 5.67. The Morgan fingerprint density at radius 3 is 2.94 bits per heavy atom. The summed E-state index contributed by atoms with van der Waals surface area (Å²) in [5.41, 5.74) is -0.494. The molecular weight excluding hydrogens is 236 g/mol. The van der Waals surface area contributed by atoms with Gasteiger partial charge < -0.3 is 5.11 Å². The van der Waals surface area contributed by atoms with Crippen molar-refractivity contribution in [3.8, 4) is 5.69 Å². The van der Waals surface area contributed by atoms with Crippen LogP contribution in [0.4, 0.5) is 0 Å². The lowest BCUT2D eigenvalue weighted by Crippen LogP contribution is -2.20. The minimum atomic E-state index is -1.34. The van der Waals surface area contributed by atoms with E-state index in [1.54, 1.807) is 17.1 Å². The van der Waals surface area contributed by atoms with Gasteiger partial charge in [0.1, 0.15) is 5.69 Å². The predicted molar refractivity (Wildman–Crippen MR) is 62.9 cm³/mol. The molecule has 7 heteroatoms. The van der Waals surface area contributed by atoms with Crippen molar-refractivity contribution < 1.29 is 9.90 Å². The number of hydrogen-bond acceptors (Lipinski definition) is 4. The Morgan fingerprint density at radius 1 is 1.50 bits per heavy atom. The summed E-state index contributed by atoms with van der Waals surface area (Å²) in [5, 5.41) is 16.7. The number of nitrogens with zero attached hydrogens (tertiary/aromatic N) is 4. The summed E-state index contributed by atoms with van der Waals surface area (Å²) in [6.45, 7) is 2.80. The van der Waals surface area contributed by atoms with Crippen molar-refractivity contribution in [2.75, 3.05) is 0 Å². The highest BCUT2D eigenvalue weighted by molar-refractivity contribution is 5.84. The Hall–Kier alpha value is -2.44. The maximum atomic E-state index is 11.3. The van der Waals surface area contributed by atoms with E-state index in [4.69, 9.17) is 5.11 Å². The van der Waals surface area contributed by atoms with Gasteiger partial charge in [-0.05, 0) is 6.42 Å². The molecule has 0 aliphatic rings. The predicted octanol–water partition coefficient (Wildman–Crippen LogP) is 0.537. The van der Waals surface area contributed by atoms with Crippen molar-refractivity contribution in [3.63, 3.8) is 0 Å². The molecule has 1 N–H and O–H groups in total. The molecule has 0 aliphatic carbocycles. The number of aromatic nitrogens is 4. The molecule has 0 aromatic carbocycles. The Morgan fingerprint density at radius 2 is 2.28 bits per heavy atom. The lowest BCUT2D eigenvalue weighted by atomic mass is 10.4. The molecule has 0 bridgehead atoms. The molecule has 7 nitrogen and oxygen atoms in total. The molecule has 2 rings (SSSR count). The largest absolute Gasteiger partial charge is 0.476 e. The van der Waals surface area contributed by atoms with E-state index >= 15 is 0 Å². The quantitative estimate of drug-likeness (QED) is 0.852. The molecule has 2 aromatic heterocycles. The van der Waals surface area contributed by atoms with Crippen LogP contribution in [0.3, 0.4) is 0 Å². The molecule has 0 saturated carbocycles. The number of aryl methyl sites for hydroxylation is 1. The second-order valence-corrected chi connectivity index (χ2v) is 3.74. The van der Waals surface area contributed by atoms with Crippen LogP contribution < -0.4 is 5.43 Å². The normalized spacial score (nSPS) is 10.5. The van der Waals surface area contributed by atoms with Crippen LogP contribution in [0.2, 0.25) is 0 Å². The van der Waals surface area contributed by atoms with Crippen LogP contribution in [-0.2, 0) is 6.54 Å². The van der Waals surface area contributed by atoms with Gasteiger partial charge in [0.05, 0.1) is 12.4 Å². The zero-order valence-corrected chi connectivity index (χ0v) is 9.78. The Labute approximate surface area is 102 Å². The molecule has 0 fully saturated rings. The molecule has 2 heterocycles. The highest BCUT2D eigenvalue weighted by atomic mass is 16.4. The van der Waals surface area contributed by atoms with E-state index in [1.165, 1.54) is 16.9 Å². The number of carboxylic acid groups (broad SMARTS) is 1. The average Bonchev–Trinajstić information content (AvgIpc) is 2.78. The highest BCUT2D eigenvalue weighted by Gasteiger charge is 2.11. The van der Waals surface area contributed by atoms with E-state index in [9.17, 15) is 9.59 Å². The molecule has 0 amide bonds. The number of carbonyl (C=O) groups is 1. The summed E-state index contributed by atoms with van der Waals surface area (Å²) in [7, 11) is 0. The van der Waals surface area contributed by atoms with Crippen LogP contribution in [0.25, 0.3) is 5.69 Å². The SMILES string of the molecule is CCCn1cc(-n2ccc(=O)c(C(=O)O)n2)cn1. The first-order valence-corrected chi connectivity index (χ1v) is 5.48. The van der Waals surface area contributed by atoms with Gasteiger partial charge in [-0.15, -0.1) is 0 Å². The van der Waals surface area contributed by atoms with Gasteiger partial charge in [-0.2, -0.15) is 10.2 Å². The zero-order chi connectivity index (χ0) is 13.1. The van der Waals surface area contributed by atoms with E-state index in [0.717, 1.165) is 13.0 Å². The topological polar surface area (TPSA) is 90.0 Å². The first-order chi connectivity index (χ1) is 8.61. The number of rotatable bonds is 4. The molecule has 2 aromatic rings. The van der Waals surface area contributed by atoms with Gasteiger partial charge in [-0.3, -0.25) is 9.48 Å². The van der Waals surface area contributed by atoms with E-state index in [-0.39, 0.29) is 0 Å². The van der Waals surface area contributed by atoms with Crippen molar-refractivity contribution in [2.24, 2.45) is 0 Å². The highest BCUT2D eigenvalue weighted by Crippen LogP contribution is 2.04. The van der Waals surface area contributed by atoms with E-state index in [1.807, 2.05) is 6.92 Å². The molecule has 0 unspecified atom stereocenters. The van der Waals surface area contributed by atoms with Crippen LogP contribution in [0, 0.1) is 0 Å². The molecule has 0 atom stereocenters. The van der Waals surface area contributed by atoms with Gasteiger partial charge in [-0.1, -0.05) is 6.92 Å². The first kappa shape index (κ1) is 12.0. The third kappa shape index (κ3) is 2.29. The number of aromatic carboxylic acids is 1. The monoisotopic (exact) mass is 248 g/mol. The van der Waals surface area contributed by atoms with Gasteiger partial charge in [-0.25, -0.2) is 9.48 Å². The van der Waals surface area contributed by atoms with Crippen molar-refractivity contribution >= 4 is 5.97 Å². The van der Waals surface area contributed by atoms with Gasteiger partial charge in [0.25, 0.3) is 0 Å². The fraction of sp³-hybridized carbons (Fsp3) is 0.273. The minimum absolute atomic E-state index is 0.499. The molecule has 94 valence electrons. The molecule has 18 heavy (non-hydrogen) atoms. The molecular formula is C11H12N4O3. The van der Waals surface area contributed by atoms with E-state index in [2.05, 4.69) is 10.2 Å². The van der Waals surface area contributed by atoms with E-state index in [0.29, 0.717) is 5.69 Å². The Bertz CT molecular complexity index is 629. The van der Waals surface area contributed by atoms with Crippen LogP contribution in [-0.4, -0.2) is 30.6 Å². The van der Waals surface area contributed by atoms with Crippen LogP contribution in [0.1, 0.15) is 23.8 Å². The lowest BCUT2D eigenvalue weighted by molar-refractivity contribution is 0.0687. The average molecular weight is 248 g/mol. The van der Waals surface area contributed by atoms with Crippen LogP contribution in [0.5, 0.6) is 0 Å². The maximum Gasteiger partial charge on any atom is 0.360 e. The van der Waals surface area contributed by atoms with Gasteiger partial charge >= 0.3 is 5.97 Å². The number of carboxylic acids is 1. The fourth-order valence-corrected chi connectivity index (χ4v) is 1.52. The first-order valence-electron chi connectivity index (χ1n) is 5.48. The second kappa shape index (κ2) is 4.82. The standard InChI is InChI=1S/C11H12N4O3/c1-2-4-14-7-8(6-12-14)15-5-3-9(16)10(13-15)11(17)18/h3,5-7H,2,4H2,1H3,(H,17,18). The Kier molecular flexibility index (Phi) is 3.22. The summed E-state index contributed by atoms with van der Waals surface area (Å²) in [5.74, 6) is -1.34. The minimum Gasteiger partial charge on any atom is -0.476 e. The Balaban J connectivity index is 2.41. The zero-order valence-electron chi connectivity index (χ0n) is 9.78. The summed E-state index contributed by atoms with van der Waals surface area (Å²) < 4.78 is 3.06. The number of hydrogen-bond donors (Lipinski definition) is 1. The van der Waals surface area contributed by atoms with Gasteiger partial charge in [0.2, 0.25) is 11.1 Å². The van der Waals surface area contributed by atoms with Crippen molar-refractivity contribution in [1.82, 2.24) is 19.6 Å². The second-order valence-electron chi connectivity index (χ2n) is 3.74. The van der Waals surface area contributed by atoms with Crippen molar-refractivity contribution in [2.45, 2.75) is 19.9 Å². The van der Waals surface area contributed by atoms with Crippen LogP contribution >= 0.6 is 0 Å². The van der Waals surface area contributed by atoms with Gasteiger partial charge in [0.15, 0.2) is 0 Å². The lowest BCUT2D eigenvalue weighted by Gasteiger charge is -2.01. The summed E-state index contributed by atoms with van der Waals surface area (Å²) >= 11 is 0. The van der Waals surface area contributed by atoms with Crippen molar-refractivity contribution in [3.05, 3.63) is 40.6 Å². The summed E-state index contributed by atoms with van der Waals surface area (Å²) in [6, 6.07) is 1.17. The molecule has 0 saturated heterocycles.